The first-order chi connectivity index (χ1) is 9.49. The lowest BCUT2D eigenvalue weighted by Crippen LogP contribution is -2.17. The molecule has 1 atom stereocenters. The molecule has 0 spiro atoms. The second-order valence-electron chi connectivity index (χ2n) is 4.89. The number of nitrogens with zero attached hydrogens (tertiary/aromatic N) is 2. The average Bonchev–Trinajstić information content (AvgIpc) is 2.87. The minimum Gasteiger partial charge on any atom is -0.461 e. The van der Waals surface area contributed by atoms with E-state index in [4.69, 9.17) is 10.00 Å². The van der Waals surface area contributed by atoms with Crippen LogP contribution in [-0.4, -0.2) is 24.3 Å². The zero-order chi connectivity index (χ0) is 15.1. The van der Waals surface area contributed by atoms with E-state index in [1.807, 2.05) is 19.0 Å². The number of carbonyl (C=O) groups excluding carboxylic acids is 1. The van der Waals surface area contributed by atoms with Crippen molar-refractivity contribution in [3.8, 4) is 5.97 Å². The summed E-state index contributed by atoms with van der Waals surface area (Å²) >= 11 is 1.40. The third-order valence-electron chi connectivity index (χ3n) is 3.02. The van der Waals surface area contributed by atoms with Crippen molar-refractivity contribution >= 4 is 30.1 Å². The Morgan fingerprint density at radius 2 is 2.35 bits per heavy atom. The normalized spacial score (nSPS) is 12.4. The molecule has 20 heavy (non-hydrogen) atoms. The number of aromatic nitrogens is 1. The largest absolute Gasteiger partial charge is 0.461 e. The van der Waals surface area contributed by atoms with E-state index in [0.717, 1.165) is 5.01 Å². The van der Waals surface area contributed by atoms with Gasteiger partial charge in [0.05, 0.1) is 6.61 Å². The van der Waals surface area contributed by atoms with Gasteiger partial charge in [-0.25, -0.2) is 15.0 Å². The molecule has 1 rings (SSSR count). The summed E-state index contributed by atoms with van der Waals surface area (Å²) in [6.07, 6.45) is 3.89. The summed E-state index contributed by atoms with van der Waals surface area (Å²) in [6, 6.07) is 0. The molecule has 0 aliphatic rings. The molecule has 0 radical (unpaired) electrons. The number of rotatable bonds is 6. The average molecular weight is 290 g/mol. The summed E-state index contributed by atoms with van der Waals surface area (Å²) in [5.41, 5.74) is 0.339. The van der Waals surface area contributed by atoms with Crippen molar-refractivity contribution in [1.82, 2.24) is 4.98 Å². The van der Waals surface area contributed by atoms with Crippen LogP contribution in [0.5, 0.6) is 0 Å². The van der Waals surface area contributed by atoms with Gasteiger partial charge in [-0.15, -0.1) is 11.3 Å². The Labute approximate surface area is 124 Å². The highest BCUT2D eigenvalue weighted by atomic mass is 32.1. The van der Waals surface area contributed by atoms with E-state index in [9.17, 15) is 4.79 Å². The maximum absolute atomic E-state index is 11.5. The smallest absolute Gasteiger partial charge is 0.357 e. The van der Waals surface area contributed by atoms with Crippen molar-refractivity contribution in [1.29, 1.82) is 5.26 Å². The number of hydrogen-bond acceptors (Lipinski definition) is 5. The minimum absolute atomic E-state index is 0.0456. The summed E-state index contributed by atoms with van der Waals surface area (Å²) in [6.45, 7) is 8.17. The van der Waals surface area contributed by atoms with Crippen LogP contribution >= 0.6 is 11.3 Å². The number of nitriles is 1. The first kappa shape index (κ1) is 16.4. The van der Waals surface area contributed by atoms with Gasteiger partial charge in [0.2, 0.25) is 0 Å². The van der Waals surface area contributed by atoms with Crippen LogP contribution < -0.4 is 0 Å². The quantitative estimate of drug-likeness (QED) is 0.593. The molecule has 1 heterocycles. The highest BCUT2D eigenvalue weighted by Gasteiger charge is 2.21. The highest BCUT2D eigenvalue weighted by Crippen LogP contribution is 2.24. The molecule has 0 aromatic carbocycles. The van der Waals surface area contributed by atoms with E-state index >= 15 is 0 Å². The van der Waals surface area contributed by atoms with Crippen molar-refractivity contribution in [2.45, 2.75) is 33.4 Å². The van der Waals surface area contributed by atoms with Crippen molar-refractivity contribution in [2.75, 3.05) is 6.61 Å². The van der Waals surface area contributed by atoms with Crippen LogP contribution in [0, 0.1) is 17.1 Å². The lowest BCUT2D eigenvalue weighted by atomic mass is 9.42. The Balaban J connectivity index is 2.79. The fourth-order valence-electron chi connectivity index (χ4n) is 1.91. The summed E-state index contributed by atoms with van der Waals surface area (Å²) in [7, 11) is 0. The number of ether oxygens (including phenoxy) is 1. The Hall–Kier alpha value is -1.61. The van der Waals surface area contributed by atoms with Crippen LogP contribution in [0.4, 0.5) is 0 Å². The SMILES string of the molecule is CCOC(=O)c1csc(/C=C/C(B(C)C#N)C(C)C)n1. The molecule has 0 aliphatic heterocycles. The highest BCUT2D eigenvalue weighted by molar-refractivity contribution is 7.10. The van der Waals surface area contributed by atoms with Crippen molar-refractivity contribution in [3.63, 3.8) is 0 Å². The minimum atomic E-state index is -0.394. The van der Waals surface area contributed by atoms with Crippen LogP contribution in [0.3, 0.4) is 0 Å². The van der Waals surface area contributed by atoms with E-state index in [1.165, 1.54) is 11.3 Å². The van der Waals surface area contributed by atoms with Gasteiger partial charge in [0, 0.05) is 11.3 Å². The van der Waals surface area contributed by atoms with Gasteiger partial charge in [-0.1, -0.05) is 26.7 Å². The van der Waals surface area contributed by atoms with Crippen LogP contribution in [0.1, 0.15) is 36.3 Å². The molecule has 1 aromatic heterocycles. The van der Waals surface area contributed by atoms with Gasteiger partial charge in [-0.2, -0.15) is 0 Å². The molecule has 0 fully saturated rings. The topological polar surface area (TPSA) is 63.0 Å². The Bertz CT molecular complexity index is 519. The molecule has 0 aliphatic carbocycles. The van der Waals surface area contributed by atoms with Crippen LogP contribution in [0.15, 0.2) is 11.5 Å². The van der Waals surface area contributed by atoms with Gasteiger partial charge in [-0.05, 0) is 24.7 Å². The van der Waals surface area contributed by atoms with Crippen LogP contribution in [-0.2, 0) is 4.74 Å². The van der Waals surface area contributed by atoms with Gasteiger partial charge >= 0.3 is 5.97 Å². The number of esters is 1. The molecule has 0 N–H and O–H groups in total. The molecular weight excluding hydrogens is 271 g/mol. The summed E-state index contributed by atoms with van der Waals surface area (Å²) in [4.78, 5) is 15.7. The molecule has 0 saturated heterocycles. The van der Waals surface area contributed by atoms with E-state index in [2.05, 4.69) is 24.8 Å². The Morgan fingerprint density at radius 3 is 2.90 bits per heavy atom. The van der Waals surface area contributed by atoms with Crippen molar-refractivity contribution in [3.05, 3.63) is 22.2 Å². The van der Waals surface area contributed by atoms with Gasteiger partial charge in [0.1, 0.15) is 5.01 Å². The van der Waals surface area contributed by atoms with Gasteiger partial charge in [0.15, 0.2) is 5.69 Å². The molecule has 4 nitrogen and oxygen atoms in total. The van der Waals surface area contributed by atoms with E-state index in [0.29, 0.717) is 18.2 Å². The Morgan fingerprint density at radius 1 is 1.65 bits per heavy atom. The lowest BCUT2D eigenvalue weighted by Gasteiger charge is -2.16. The van der Waals surface area contributed by atoms with Gasteiger partial charge in [-0.3, -0.25) is 0 Å². The fraction of sp³-hybridized carbons (Fsp3) is 0.500. The maximum atomic E-state index is 11.5. The maximum Gasteiger partial charge on any atom is 0.357 e. The number of allylic oxidation sites excluding steroid dienone is 1. The molecular formula is C14H19BN2O2S. The third kappa shape index (κ3) is 4.50. The first-order valence-corrected chi connectivity index (χ1v) is 7.58. The second kappa shape index (κ2) is 7.86. The van der Waals surface area contributed by atoms with E-state index in [-0.39, 0.29) is 12.5 Å². The third-order valence-corrected chi connectivity index (χ3v) is 3.83. The molecule has 106 valence electrons. The standard InChI is InChI=1S/C14H19BN2O2S/c1-5-19-14(18)12-8-20-13(17-12)7-6-11(10(2)3)15(4)9-16/h6-8,10-11H,5H2,1-4H3/b7-6+. The molecule has 0 saturated carbocycles. The van der Waals surface area contributed by atoms with E-state index < -0.39 is 5.97 Å². The molecule has 0 amide bonds. The predicted molar refractivity (Wildman–Crippen MR) is 82.9 cm³/mol. The predicted octanol–water partition coefficient (Wildman–Crippen LogP) is 3.55. The van der Waals surface area contributed by atoms with Crippen molar-refractivity contribution in [2.24, 2.45) is 5.92 Å². The fourth-order valence-corrected chi connectivity index (χ4v) is 2.60. The van der Waals surface area contributed by atoms with Gasteiger partial charge in [0.25, 0.3) is 6.71 Å². The zero-order valence-electron chi connectivity index (χ0n) is 12.3. The summed E-state index contributed by atoms with van der Waals surface area (Å²) in [5.74, 6) is 2.44. The van der Waals surface area contributed by atoms with Gasteiger partial charge < -0.3 is 4.74 Å². The number of carbonyl (C=O) groups is 1. The van der Waals surface area contributed by atoms with E-state index in [1.54, 1.807) is 12.3 Å². The summed E-state index contributed by atoms with van der Waals surface area (Å²) in [5, 5.41) is 11.5. The first-order valence-electron chi connectivity index (χ1n) is 6.70. The molecule has 1 unspecified atom stereocenters. The molecule has 1 aromatic rings. The lowest BCUT2D eigenvalue weighted by molar-refractivity contribution is 0.0520. The summed E-state index contributed by atoms with van der Waals surface area (Å²) < 4.78 is 4.90. The molecule has 6 heteroatoms. The number of hydrogen-bond donors (Lipinski definition) is 0. The van der Waals surface area contributed by atoms with Crippen LogP contribution in [0.2, 0.25) is 12.6 Å². The monoisotopic (exact) mass is 290 g/mol. The molecule has 0 bridgehead atoms. The zero-order valence-corrected chi connectivity index (χ0v) is 13.1. The van der Waals surface area contributed by atoms with Crippen molar-refractivity contribution < 1.29 is 9.53 Å². The Kier molecular flexibility index (Phi) is 6.46. The van der Waals surface area contributed by atoms with Crippen LogP contribution in [0.25, 0.3) is 6.08 Å². The second-order valence-corrected chi connectivity index (χ2v) is 5.78. The number of thiazole rings is 1.